The van der Waals surface area contributed by atoms with Crippen molar-refractivity contribution in [2.24, 2.45) is 23.7 Å². The minimum atomic E-state index is 0.752. The summed E-state index contributed by atoms with van der Waals surface area (Å²) < 4.78 is 5.32. The third kappa shape index (κ3) is 5.05. The normalized spacial score (nSPS) is 32.3. The fourth-order valence-electron chi connectivity index (χ4n) is 5.84. The van der Waals surface area contributed by atoms with Crippen molar-refractivity contribution in [2.45, 2.75) is 90.4 Å². The largest absolute Gasteiger partial charge is 0.497 e. The molecule has 0 saturated heterocycles. The maximum atomic E-state index is 5.32. The van der Waals surface area contributed by atoms with E-state index in [2.05, 4.69) is 38.1 Å². The van der Waals surface area contributed by atoms with E-state index >= 15 is 0 Å². The van der Waals surface area contributed by atoms with E-state index in [1.807, 2.05) is 0 Å². The van der Waals surface area contributed by atoms with E-state index < -0.39 is 0 Å². The first-order valence-corrected chi connectivity index (χ1v) is 11.3. The van der Waals surface area contributed by atoms with Gasteiger partial charge in [-0.1, -0.05) is 64.5 Å². The lowest BCUT2D eigenvalue weighted by molar-refractivity contribution is 0.130. The first kappa shape index (κ1) is 19.8. The minimum absolute atomic E-state index is 0.752. The summed E-state index contributed by atoms with van der Waals surface area (Å²) in [6, 6.07) is 8.85. The molecule has 0 radical (unpaired) electrons. The molecule has 3 unspecified atom stereocenters. The molecule has 0 N–H and O–H groups in total. The summed E-state index contributed by atoms with van der Waals surface area (Å²) in [6.45, 7) is 4.82. The van der Waals surface area contributed by atoms with Gasteiger partial charge < -0.3 is 4.74 Å². The van der Waals surface area contributed by atoms with Crippen LogP contribution in [0.4, 0.5) is 0 Å². The van der Waals surface area contributed by atoms with Gasteiger partial charge in [0.1, 0.15) is 5.75 Å². The molecule has 0 aromatic heterocycles. The van der Waals surface area contributed by atoms with Crippen molar-refractivity contribution >= 4 is 0 Å². The predicted molar refractivity (Wildman–Crippen MR) is 112 cm³/mol. The van der Waals surface area contributed by atoms with E-state index in [4.69, 9.17) is 4.74 Å². The van der Waals surface area contributed by atoms with Crippen LogP contribution in [-0.4, -0.2) is 7.11 Å². The van der Waals surface area contributed by atoms with Gasteiger partial charge in [0, 0.05) is 0 Å². The lowest BCUT2D eigenvalue weighted by Gasteiger charge is -2.41. The predicted octanol–water partition coefficient (Wildman–Crippen LogP) is 7.60. The van der Waals surface area contributed by atoms with Crippen LogP contribution in [0.25, 0.3) is 0 Å². The van der Waals surface area contributed by atoms with Gasteiger partial charge in [-0.25, -0.2) is 0 Å². The van der Waals surface area contributed by atoms with Crippen molar-refractivity contribution in [1.29, 1.82) is 0 Å². The molecular formula is C25H40O. The molecule has 1 aromatic carbocycles. The third-order valence-corrected chi connectivity index (χ3v) is 7.53. The smallest absolute Gasteiger partial charge is 0.118 e. The molecule has 0 heterocycles. The first-order valence-electron chi connectivity index (χ1n) is 11.3. The van der Waals surface area contributed by atoms with Gasteiger partial charge in [-0.05, 0) is 79.4 Å². The number of hydrogen-bond donors (Lipinski definition) is 0. The quantitative estimate of drug-likeness (QED) is 0.457. The summed E-state index contributed by atoms with van der Waals surface area (Å²) in [7, 11) is 1.75. The van der Waals surface area contributed by atoms with Gasteiger partial charge in [0.05, 0.1) is 7.11 Å². The average Bonchev–Trinajstić information content (AvgIpc) is 2.69. The van der Waals surface area contributed by atoms with Crippen LogP contribution in [0, 0.1) is 23.7 Å². The summed E-state index contributed by atoms with van der Waals surface area (Å²) in [5.41, 5.74) is 1.52. The molecule has 0 spiro atoms. The Hall–Kier alpha value is -0.980. The Bertz CT molecular complexity index is 511. The van der Waals surface area contributed by atoms with Gasteiger partial charge in [-0.2, -0.15) is 0 Å². The van der Waals surface area contributed by atoms with Crippen LogP contribution < -0.4 is 4.74 Å². The Morgan fingerprint density at radius 3 is 2.19 bits per heavy atom. The van der Waals surface area contributed by atoms with Gasteiger partial charge >= 0.3 is 0 Å². The van der Waals surface area contributed by atoms with Crippen molar-refractivity contribution in [3.63, 3.8) is 0 Å². The lowest BCUT2D eigenvalue weighted by Crippen LogP contribution is -2.29. The number of unbranched alkanes of at least 4 members (excludes halogenated alkanes) is 2. The number of benzene rings is 1. The summed E-state index contributed by atoms with van der Waals surface area (Å²) in [6.07, 6.45) is 16.1. The molecule has 1 aromatic rings. The van der Waals surface area contributed by atoms with Crippen molar-refractivity contribution in [3.8, 4) is 5.75 Å². The van der Waals surface area contributed by atoms with E-state index in [0.29, 0.717) is 0 Å². The Kier molecular flexibility index (Phi) is 7.46. The van der Waals surface area contributed by atoms with E-state index in [1.165, 1.54) is 76.2 Å². The van der Waals surface area contributed by atoms with Crippen LogP contribution in [0.5, 0.6) is 5.75 Å². The second kappa shape index (κ2) is 9.81. The molecule has 3 rings (SSSR count). The SMILES string of the molecule is CCCCC[C@H]1CC[C@H](C2CCC(c3ccc(OC)cc3)C(C)C2)CC1. The van der Waals surface area contributed by atoms with Gasteiger partial charge in [0.25, 0.3) is 0 Å². The zero-order valence-electron chi connectivity index (χ0n) is 17.4. The van der Waals surface area contributed by atoms with Crippen molar-refractivity contribution < 1.29 is 4.74 Å². The molecule has 1 heteroatoms. The highest BCUT2D eigenvalue weighted by atomic mass is 16.5. The van der Waals surface area contributed by atoms with Crippen molar-refractivity contribution in [2.75, 3.05) is 7.11 Å². The molecule has 2 aliphatic carbocycles. The topological polar surface area (TPSA) is 9.23 Å². The standard InChI is InChI=1S/C25H40O/c1-4-5-6-7-20-8-10-21(11-9-20)23-14-17-25(19(2)18-23)22-12-15-24(26-3)16-13-22/h12-13,15-16,19-21,23,25H,4-11,14,17-18H2,1-3H3/t19?,20-,21-,23?,25?. The molecule has 2 fully saturated rings. The second-order valence-corrected chi connectivity index (χ2v) is 9.21. The molecule has 1 nitrogen and oxygen atoms in total. The average molecular weight is 357 g/mol. The minimum Gasteiger partial charge on any atom is -0.497 e. The second-order valence-electron chi connectivity index (χ2n) is 9.21. The zero-order chi connectivity index (χ0) is 18.4. The molecule has 2 saturated carbocycles. The lowest BCUT2D eigenvalue weighted by atomic mass is 9.65. The first-order chi connectivity index (χ1) is 12.7. The van der Waals surface area contributed by atoms with Crippen LogP contribution in [-0.2, 0) is 0 Å². The molecule has 3 atom stereocenters. The Morgan fingerprint density at radius 1 is 0.885 bits per heavy atom. The summed E-state index contributed by atoms with van der Waals surface area (Å²) >= 11 is 0. The summed E-state index contributed by atoms with van der Waals surface area (Å²) in [5, 5.41) is 0. The van der Waals surface area contributed by atoms with Crippen molar-refractivity contribution in [1.82, 2.24) is 0 Å². The number of rotatable bonds is 7. The summed E-state index contributed by atoms with van der Waals surface area (Å²) in [5.74, 6) is 5.62. The van der Waals surface area contributed by atoms with Gasteiger partial charge in [-0.15, -0.1) is 0 Å². The maximum Gasteiger partial charge on any atom is 0.118 e. The third-order valence-electron chi connectivity index (χ3n) is 7.53. The number of hydrogen-bond acceptors (Lipinski definition) is 1. The Morgan fingerprint density at radius 2 is 1.58 bits per heavy atom. The zero-order valence-corrected chi connectivity index (χ0v) is 17.4. The Balaban J connectivity index is 1.46. The maximum absolute atomic E-state index is 5.32. The van der Waals surface area contributed by atoms with Crippen LogP contribution in [0.1, 0.15) is 96.0 Å². The van der Waals surface area contributed by atoms with Gasteiger partial charge in [0.2, 0.25) is 0 Å². The van der Waals surface area contributed by atoms with Crippen LogP contribution in [0.2, 0.25) is 0 Å². The molecule has 0 aliphatic heterocycles. The molecule has 0 amide bonds. The van der Waals surface area contributed by atoms with Gasteiger partial charge in [-0.3, -0.25) is 0 Å². The number of ether oxygens (including phenoxy) is 1. The summed E-state index contributed by atoms with van der Waals surface area (Å²) in [4.78, 5) is 0. The van der Waals surface area contributed by atoms with Crippen LogP contribution in [0.15, 0.2) is 24.3 Å². The van der Waals surface area contributed by atoms with Gasteiger partial charge in [0.15, 0.2) is 0 Å². The highest BCUT2D eigenvalue weighted by Gasteiger charge is 2.34. The van der Waals surface area contributed by atoms with Crippen LogP contribution >= 0.6 is 0 Å². The molecule has 146 valence electrons. The van der Waals surface area contributed by atoms with E-state index in [9.17, 15) is 0 Å². The monoisotopic (exact) mass is 356 g/mol. The fourth-order valence-corrected chi connectivity index (χ4v) is 5.84. The van der Waals surface area contributed by atoms with Crippen LogP contribution in [0.3, 0.4) is 0 Å². The van der Waals surface area contributed by atoms with E-state index in [1.54, 1.807) is 7.11 Å². The van der Waals surface area contributed by atoms with Crippen molar-refractivity contribution in [3.05, 3.63) is 29.8 Å². The molecular weight excluding hydrogens is 316 g/mol. The molecule has 26 heavy (non-hydrogen) atoms. The Labute approximate surface area is 161 Å². The molecule has 0 bridgehead atoms. The van der Waals surface area contributed by atoms with E-state index in [0.717, 1.165) is 35.3 Å². The highest BCUT2D eigenvalue weighted by molar-refractivity contribution is 5.30. The molecule has 2 aliphatic rings. The highest BCUT2D eigenvalue weighted by Crippen LogP contribution is 2.47. The van der Waals surface area contributed by atoms with E-state index in [-0.39, 0.29) is 0 Å². The number of methoxy groups -OCH3 is 1. The fraction of sp³-hybridized carbons (Fsp3) is 0.760.